The van der Waals surface area contributed by atoms with Gasteiger partial charge in [-0.05, 0) is 30.5 Å². The molecule has 8 heteroatoms. The molecule has 2 aromatic heterocycles. The van der Waals surface area contributed by atoms with Crippen molar-refractivity contribution in [1.82, 2.24) is 20.3 Å². The summed E-state index contributed by atoms with van der Waals surface area (Å²) in [5.74, 6) is -0.0678. The van der Waals surface area contributed by atoms with Gasteiger partial charge in [0.2, 0.25) is 5.91 Å². The third-order valence-corrected chi connectivity index (χ3v) is 4.50. The lowest BCUT2D eigenvalue weighted by Gasteiger charge is -2.09. The second-order valence-corrected chi connectivity index (χ2v) is 6.57. The Morgan fingerprint density at radius 3 is 3.04 bits per heavy atom. The SMILES string of the molecule is Cc1cnn(Cc2cc(C(=O)NCC[C@H]3C(=O)Nc4ccccc43)no2)c1. The largest absolute Gasteiger partial charge is 0.359 e. The molecule has 1 aliphatic rings. The van der Waals surface area contributed by atoms with Crippen LogP contribution in [0.2, 0.25) is 0 Å². The number of carbonyl (C=O) groups excluding carboxylic acids is 2. The van der Waals surface area contributed by atoms with Crippen molar-refractivity contribution >= 4 is 17.5 Å². The average Bonchev–Trinajstić information content (AvgIpc) is 3.35. The number of benzene rings is 1. The van der Waals surface area contributed by atoms with Crippen LogP contribution in [0.3, 0.4) is 0 Å². The van der Waals surface area contributed by atoms with Crippen molar-refractivity contribution < 1.29 is 14.1 Å². The van der Waals surface area contributed by atoms with Crippen LogP contribution in [-0.2, 0) is 11.3 Å². The number of para-hydroxylation sites is 1. The predicted octanol–water partition coefficient (Wildman–Crippen LogP) is 2.08. The summed E-state index contributed by atoms with van der Waals surface area (Å²) in [7, 11) is 0. The van der Waals surface area contributed by atoms with Crippen LogP contribution in [0.4, 0.5) is 5.69 Å². The van der Waals surface area contributed by atoms with E-state index in [0.29, 0.717) is 25.3 Å². The molecule has 27 heavy (non-hydrogen) atoms. The summed E-state index contributed by atoms with van der Waals surface area (Å²) in [5.41, 5.74) is 3.07. The van der Waals surface area contributed by atoms with Gasteiger partial charge in [0.05, 0.1) is 12.1 Å². The number of aromatic nitrogens is 3. The first-order valence-electron chi connectivity index (χ1n) is 8.73. The van der Waals surface area contributed by atoms with Crippen molar-refractivity contribution in [2.24, 2.45) is 0 Å². The lowest BCUT2D eigenvalue weighted by Crippen LogP contribution is -2.27. The summed E-state index contributed by atoms with van der Waals surface area (Å²) in [6.45, 7) is 2.73. The number of hydrogen-bond acceptors (Lipinski definition) is 5. The van der Waals surface area contributed by atoms with Crippen molar-refractivity contribution in [2.45, 2.75) is 25.8 Å². The molecular formula is C19H19N5O3. The van der Waals surface area contributed by atoms with Gasteiger partial charge in [-0.15, -0.1) is 0 Å². The Morgan fingerprint density at radius 2 is 2.22 bits per heavy atom. The predicted molar refractivity (Wildman–Crippen MR) is 97.3 cm³/mol. The molecule has 138 valence electrons. The number of anilines is 1. The third kappa shape index (κ3) is 3.59. The molecule has 3 aromatic rings. The van der Waals surface area contributed by atoms with Gasteiger partial charge in [-0.1, -0.05) is 23.4 Å². The summed E-state index contributed by atoms with van der Waals surface area (Å²) in [6.07, 6.45) is 4.15. The van der Waals surface area contributed by atoms with Crippen LogP contribution < -0.4 is 10.6 Å². The van der Waals surface area contributed by atoms with Gasteiger partial charge < -0.3 is 15.2 Å². The first-order valence-corrected chi connectivity index (χ1v) is 8.73. The molecule has 8 nitrogen and oxygen atoms in total. The third-order valence-electron chi connectivity index (χ3n) is 4.50. The fourth-order valence-corrected chi connectivity index (χ4v) is 3.19. The Kier molecular flexibility index (Phi) is 4.45. The average molecular weight is 365 g/mol. The molecule has 4 rings (SSSR count). The highest BCUT2D eigenvalue weighted by Gasteiger charge is 2.29. The Bertz CT molecular complexity index is 991. The van der Waals surface area contributed by atoms with Crippen molar-refractivity contribution in [2.75, 3.05) is 11.9 Å². The Hall–Kier alpha value is -3.42. The van der Waals surface area contributed by atoms with Crippen molar-refractivity contribution in [3.63, 3.8) is 0 Å². The summed E-state index contributed by atoms with van der Waals surface area (Å²) in [4.78, 5) is 24.4. The normalized spacial score (nSPS) is 15.4. The molecule has 1 aromatic carbocycles. The van der Waals surface area contributed by atoms with Crippen LogP contribution in [0.1, 0.15) is 39.7 Å². The Morgan fingerprint density at radius 1 is 1.37 bits per heavy atom. The topological polar surface area (TPSA) is 102 Å². The van der Waals surface area contributed by atoms with E-state index in [2.05, 4.69) is 20.9 Å². The molecule has 2 amide bonds. The van der Waals surface area contributed by atoms with Gasteiger partial charge in [-0.2, -0.15) is 5.10 Å². The highest BCUT2D eigenvalue weighted by atomic mass is 16.5. The number of hydrogen-bond donors (Lipinski definition) is 2. The highest BCUT2D eigenvalue weighted by molar-refractivity contribution is 6.02. The number of rotatable bonds is 6. The molecule has 0 saturated carbocycles. The van der Waals surface area contributed by atoms with Gasteiger partial charge in [-0.3, -0.25) is 14.3 Å². The zero-order valence-electron chi connectivity index (χ0n) is 14.8. The smallest absolute Gasteiger partial charge is 0.273 e. The van der Waals surface area contributed by atoms with Crippen LogP contribution in [-0.4, -0.2) is 33.3 Å². The maximum atomic E-state index is 12.3. The van der Waals surface area contributed by atoms with Crippen LogP contribution >= 0.6 is 0 Å². The zero-order valence-corrected chi connectivity index (χ0v) is 14.8. The van der Waals surface area contributed by atoms with Gasteiger partial charge >= 0.3 is 0 Å². The fraction of sp³-hybridized carbons (Fsp3) is 0.263. The molecule has 0 aliphatic carbocycles. The minimum Gasteiger partial charge on any atom is -0.359 e. The summed E-state index contributed by atoms with van der Waals surface area (Å²) in [5, 5.41) is 13.6. The van der Waals surface area contributed by atoms with E-state index in [0.717, 1.165) is 16.8 Å². The van der Waals surface area contributed by atoms with E-state index in [9.17, 15) is 9.59 Å². The van der Waals surface area contributed by atoms with Gasteiger partial charge in [0.1, 0.15) is 6.54 Å². The molecule has 2 N–H and O–H groups in total. The second-order valence-electron chi connectivity index (χ2n) is 6.57. The summed E-state index contributed by atoms with van der Waals surface area (Å²) >= 11 is 0. The zero-order chi connectivity index (χ0) is 18.8. The molecule has 3 heterocycles. The monoisotopic (exact) mass is 365 g/mol. The van der Waals surface area contributed by atoms with Crippen molar-refractivity contribution in [3.8, 4) is 0 Å². The van der Waals surface area contributed by atoms with Gasteiger partial charge in [0.25, 0.3) is 5.91 Å². The van der Waals surface area contributed by atoms with E-state index in [1.807, 2.05) is 37.4 Å². The summed E-state index contributed by atoms with van der Waals surface area (Å²) < 4.78 is 6.92. The van der Waals surface area contributed by atoms with E-state index in [1.165, 1.54) is 0 Å². The standard InChI is InChI=1S/C19H19N5O3/c1-12-9-21-24(10-12)11-13-8-17(23-27-13)19(26)20-7-6-15-14-4-2-3-5-16(14)22-18(15)25/h2-5,8-10,15H,6-7,11H2,1H3,(H,20,26)(H,22,25)/t15-/m1/s1. The molecule has 0 unspecified atom stereocenters. The highest BCUT2D eigenvalue weighted by Crippen LogP contribution is 2.33. The van der Waals surface area contributed by atoms with Crippen LogP contribution in [0.5, 0.6) is 0 Å². The second kappa shape index (κ2) is 7.06. The number of fused-ring (bicyclic) bond motifs is 1. The van der Waals surface area contributed by atoms with E-state index in [1.54, 1.807) is 16.9 Å². The van der Waals surface area contributed by atoms with Crippen LogP contribution in [0.25, 0.3) is 0 Å². The van der Waals surface area contributed by atoms with E-state index >= 15 is 0 Å². The summed E-state index contributed by atoms with van der Waals surface area (Å²) in [6, 6.07) is 9.20. The lowest BCUT2D eigenvalue weighted by atomic mass is 9.97. The number of carbonyl (C=O) groups is 2. The molecule has 0 spiro atoms. The maximum absolute atomic E-state index is 12.3. The molecular weight excluding hydrogens is 346 g/mol. The first kappa shape index (κ1) is 17.0. The van der Waals surface area contributed by atoms with Crippen molar-refractivity contribution in [1.29, 1.82) is 0 Å². The molecule has 0 bridgehead atoms. The molecule has 0 saturated heterocycles. The number of nitrogens with one attached hydrogen (secondary N) is 2. The van der Waals surface area contributed by atoms with Gasteiger partial charge in [0.15, 0.2) is 11.5 Å². The first-order chi connectivity index (χ1) is 13.1. The molecule has 0 radical (unpaired) electrons. The van der Waals surface area contributed by atoms with Gasteiger partial charge in [0, 0.05) is 24.5 Å². The van der Waals surface area contributed by atoms with E-state index in [4.69, 9.17) is 4.52 Å². The minimum atomic E-state index is -0.326. The van der Waals surface area contributed by atoms with E-state index in [-0.39, 0.29) is 23.4 Å². The Labute approximate surface area is 155 Å². The fourth-order valence-electron chi connectivity index (χ4n) is 3.19. The van der Waals surface area contributed by atoms with Crippen LogP contribution in [0, 0.1) is 6.92 Å². The molecule has 0 fully saturated rings. The van der Waals surface area contributed by atoms with E-state index < -0.39 is 0 Å². The number of nitrogens with zero attached hydrogens (tertiary/aromatic N) is 3. The number of aryl methyl sites for hydroxylation is 1. The van der Waals surface area contributed by atoms with Gasteiger partial charge in [-0.25, -0.2) is 0 Å². The Balaban J connectivity index is 1.32. The molecule has 1 atom stereocenters. The lowest BCUT2D eigenvalue weighted by molar-refractivity contribution is -0.117. The maximum Gasteiger partial charge on any atom is 0.273 e. The van der Waals surface area contributed by atoms with Crippen LogP contribution in [0.15, 0.2) is 47.2 Å². The molecule has 1 aliphatic heterocycles. The minimum absolute atomic E-state index is 0.0383. The van der Waals surface area contributed by atoms with Crippen molar-refractivity contribution in [3.05, 3.63) is 65.3 Å². The quantitative estimate of drug-likeness (QED) is 0.696. The number of amides is 2.